The second kappa shape index (κ2) is 49.3. The Morgan fingerprint density at radius 1 is 0.243 bits per heavy atom. The van der Waals surface area contributed by atoms with E-state index in [0.717, 1.165) is 25.5 Å². The molecule has 10 heterocycles. The van der Waals surface area contributed by atoms with Gasteiger partial charge in [0.15, 0.2) is 29.1 Å². The summed E-state index contributed by atoms with van der Waals surface area (Å²) < 4.78 is 14.4. The molecule has 3 aromatic carbocycles. The average molecular weight is 2040 g/mol. The summed E-state index contributed by atoms with van der Waals surface area (Å²) in [5.74, 6) is -8.67. The van der Waals surface area contributed by atoms with Crippen molar-refractivity contribution < 1.29 is 76.7 Å². The van der Waals surface area contributed by atoms with Crippen LogP contribution >= 0.6 is 7.26 Å². The van der Waals surface area contributed by atoms with Gasteiger partial charge < -0.3 is 125 Å². The zero-order chi connectivity index (χ0) is 106. The van der Waals surface area contributed by atoms with Gasteiger partial charge in [-0.05, 0) is 57.7 Å². The third-order valence-electron chi connectivity index (χ3n) is 23.7. The average Bonchev–Trinajstić information content (AvgIpc) is 1.25. The molecule has 49 heteroatoms. The second-order valence-electron chi connectivity index (χ2n) is 35.5. The summed E-state index contributed by atoms with van der Waals surface area (Å²) >= 11 is 0. The Bertz CT molecular complexity index is 7030. The van der Waals surface area contributed by atoms with E-state index >= 15 is 0 Å². The third-order valence-corrected chi connectivity index (χ3v) is 28.8. The molecule has 0 fully saturated rings. The van der Waals surface area contributed by atoms with Crippen LogP contribution in [-0.2, 0) is 99.2 Å². The number of nitrogens with zero attached hydrogens (tertiary/aromatic N) is 16. The Labute approximate surface area is 849 Å². The fraction of sp³-hybridized carbons (Fsp3) is 0.303. The predicted molar refractivity (Wildman–Crippen MR) is 557 cm³/mol. The quantitative estimate of drug-likeness (QED) is 0.0181. The standard InChI is InChI=1S/C99H119N32O16P/c1-121(2)44-25-39-100-80(133)34-41-105-95(143)85-117-77(59-127(85)8)119-98(146)89-116-76(58-130(89)11)113-84(137)37-43-104-92(140)71-49-64(54-124(71)5)109-97(145)87-118-78(60-131(87)12)120-99(147)88-115-74(56-129(88)10)111-81(134)33-24-38-102-90(138)69-47-62(52-122(69)3)108-94(142)73-50-65(55-126(73)7)110-96(144)86-114-75(57-128(86)9)112-83(136)36-42-103-91(139)70-48-63(53-123(70)4)107-93(141)72-46-61(51-125(72)6)106-82(135)35-40-101-79(132)32-22-23-45-148(66-26-16-13-17-27-66,67-28-18-14-19-29-67)68-30-20-15-21-31-68/h13-21,26-31,46-60,148H,22-25,32-45H2,1-12H3,(H,100,133)(H,101,132)(H,102,138)(H,103,139)(H,104,140)(H,105,143)(H,106,135)(H,107,141)(H,108,142)(H,109,145)(H,110,144)(H,111,134)(H,112,136)(H,113,137)(H,119,146)(H,120,147). The molecule has 0 spiro atoms. The molecule has 16 amide bonds. The number of nitrogens with one attached hydrogen (secondary N) is 16. The molecular formula is C99H119N32O16P. The van der Waals surface area contributed by atoms with E-state index < -0.39 is 84.1 Å². The first kappa shape index (κ1) is 107. The number of benzene rings is 3. The van der Waals surface area contributed by atoms with Crippen LogP contribution in [0.15, 0.2) is 183 Å². The van der Waals surface area contributed by atoms with Gasteiger partial charge >= 0.3 is 203 Å². The van der Waals surface area contributed by atoms with Crippen molar-refractivity contribution in [2.45, 2.75) is 64.2 Å². The van der Waals surface area contributed by atoms with Crippen molar-refractivity contribution in [2.24, 2.45) is 70.5 Å². The smallest absolute Gasteiger partial charge is 0.344 e. The summed E-state index contributed by atoms with van der Waals surface area (Å²) in [6.45, 7) is 1.37. The van der Waals surface area contributed by atoms with Crippen molar-refractivity contribution in [3.05, 3.63) is 241 Å². The van der Waals surface area contributed by atoms with Gasteiger partial charge in [-0.3, -0.25) is 67.1 Å². The van der Waals surface area contributed by atoms with Crippen LogP contribution in [0.1, 0.15) is 170 Å². The zero-order valence-electron chi connectivity index (χ0n) is 83.7. The van der Waals surface area contributed by atoms with E-state index in [0.29, 0.717) is 30.8 Å². The maximum atomic E-state index is 13.7. The van der Waals surface area contributed by atoms with Crippen LogP contribution in [0.3, 0.4) is 0 Å². The topological polar surface area (TPSA) is 583 Å². The number of carbonyl (C=O) groups excluding carboxylic acids is 16. The van der Waals surface area contributed by atoms with E-state index in [-0.39, 0.29) is 193 Å². The molecule has 0 aliphatic carbocycles. The number of amides is 16. The molecule has 0 bridgehead atoms. The third kappa shape index (κ3) is 28.3. The number of anilines is 10. The summed E-state index contributed by atoms with van der Waals surface area (Å²) in [4.78, 5) is 235. The molecular weight excluding hydrogens is 1920 g/mol. The number of rotatable bonds is 48. The van der Waals surface area contributed by atoms with Crippen LogP contribution in [0.2, 0.25) is 0 Å². The first-order chi connectivity index (χ1) is 70.8. The first-order valence-electron chi connectivity index (χ1n) is 47.4. The Morgan fingerprint density at radius 3 is 0.858 bits per heavy atom. The van der Waals surface area contributed by atoms with Crippen molar-refractivity contribution in [2.75, 3.05) is 119 Å². The normalized spacial score (nSPS) is 11.2. The molecule has 16 N–H and O–H groups in total. The SMILES string of the molecule is CN(C)CCCNC(=O)CCNC(=O)c1nc(NC(=O)c2nc(NC(=O)CCNC(=O)c3cc(NC(=O)c4nc(NC(=O)c5nc(NC(=O)CCCNC(=O)c6cc(NC(=O)c7cc(NC(=O)c8nc(NC(=O)CCNC(=O)c9cc(NC(=O)c%10cc(NC(=O)CCNC(=O)CCCC[PH](c%11ccccc%11)(c%11ccccc%11)c%11ccccc%11)cn%10C)cn9C)cn8C)cn7C)cn6C)cn5C)cn4C)cn3C)cn2C)cn1C. The molecule has 10 aromatic heterocycles. The van der Waals surface area contributed by atoms with Crippen molar-refractivity contribution >= 4 is 175 Å². The fourth-order valence-electron chi connectivity index (χ4n) is 16.5. The number of carbonyl (C=O) groups is 16. The molecule has 0 atom stereocenters. The summed E-state index contributed by atoms with van der Waals surface area (Å²) in [7, 11) is 17.1. The number of aryl methyl sites for hydroxylation is 10. The molecule has 0 aliphatic heterocycles. The van der Waals surface area contributed by atoms with Crippen molar-refractivity contribution in [1.82, 2.24) is 107 Å². The van der Waals surface area contributed by atoms with Gasteiger partial charge in [-0.25, -0.2) is 24.9 Å². The van der Waals surface area contributed by atoms with Gasteiger partial charge in [0.2, 0.25) is 52.8 Å². The molecule has 48 nitrogen and oxygen atoms in total. The molecule has 0 aliphatic rings. The monoisotopic (exact) mass is 2040 g/mol. The molecule has 0 radical (unpaired) electrons. The van der Waals surface area contributed by atoms with Gasteiger partial charge in [0.1, 0.15) is 28.5 Å². The molecule has 13 aromatic rings. The minimum atomic E-state index is -2.43. The van der Waals surface area contributed by atoms with Gasteiger partial charge in [0, 0.05) is 185 Å². The second-order valence-corrected chi connectivity index (χ2v) is 39.6. The van der Waals surface area contributed by atoms with Crippen molar-refractivity contribution in [1.29, 1.82) is 0 Å². The Hall–Kier alpha value is -18.0. The number of hydrogen-bond donors (Lipinski definition) is 16. The van der Waals surface area contributed by atoms with Crippen LogP contribution < -0.4 is 101 Å². The molecule has 0 unspecified atom stereocenters. The number of unbranched alkanes of at least 4 members (excludes halogenated alkanes) is 1. The summed E-state index contributed by atoms with van der Waals surface area (Å²) in [5.41, 5.74) is 2.17. The molecule has 0 saturated carbocycles. The maximum absolute atomic E-state index is 13.7. The molecule has 0 saturated heterocycles. The van der Waals surface area contributed by atoms with E-state index in [1.165, 1.54) is 158 Å². The van der Waals surface area contributed by atoms with Gasteiger partial charge in [-0.15, -0.1) is 0 Å². The predicted octanol–water partition coefficient (Wildman–Crippen LogP) is 4.76. The summed E-state index contributed by atoms with van der Waals surface area (Å²) in [6.07, 6.45) is 18.0. The van der Waals surface area contributed by atoms with E-state index in [9.17, 15) is 76.7 Å². The number of imidazole rings is 5. The van der Waals surface area contributed by atoms with Crippen LogP contribution in [-0.4, -0.2) is 236 Å². The van der Waals surface area contributed by atoms with Crippen LogP contribution in [0.25, 0.3) is 0 Å². The molecule has 13 rings (SSSR count). The van der Waals surface area contributed by atoms with Gasteiger partial charge in [0.05, 0.1) is 22.7 Å². The Balaban J connectivity index is 0.476. The van der Waals surface area contributed by atoms with E-state index in [2.05, 4.69) is 183 Å². The minimum absolute atomic E-state index is 0.00444. The van der Waals surface area contributed by atoms with Gasteiger partial charge in [-0.1, -0.05) is 0 Å². The summed E-state index contributed by atoms with van der Waals surface area (Å²) in [6, 6.07) is 39.2. The summed E-state index contributed by atoms with van der Waals surface area (Å²) in [5, 5.41) is 47.2. The van der Waals surface area contributed by atoms with E-state index in [4.69, 9.17) is 0 Å². The van der Waals surface area contributed by atoms with Crippen molar-refractivity contribution in [3.63, 3.8) is 0 Å². The van der Waals surface area contributed by atoms with E-state index in [1.54, 1.807) is 66.3 Å². The minimum Gasteiger partial charge on any atom is -0.344 e. The van der Waals surface area contributed by atoms with Gasteiger partial charge in [0.25, 0.3) is 59.1 Å². The Kier molecular flexibility index (Phi) is 35.8. The van der Waals surface area contributed by atoms with Crippen LogP contribution in [0.4, 0.5) is 57.5 Å². The zero-order valence-corrected chi connectivity index (χ0v) is 84.7. The molecule has 148 heavy (non-hydrogen) atoms. The van der Waals surface area contributed by atoms with Crippen molar-refractivity contribution in [3.8, 4) is 0 Å². The number of hydrogen-bond acceptors (Lipinski definition) is 22. The first-order valence-corrected chi connectivity index (χ1v) is 49.6. The fourth-order valence-corrected chi connectivity index (χ4v) is 21.4. The number of aromatic nitrogens is 15. The Morgan fingerprint density at radius 2 is 0.500 bits per heavy atom. The van der Waals surface area contributed by atoms with E-state index in [1.807, 2.05) is 37.2 Å². The van der Waals surface area contributed by atoms with Crippen LogP contribution in [0.5, 0.6) is 0 Å². The van der Waals surface area contributed by atoms with Gasteiger partial charge in [-0.2, -0.15) is 0 Å². The van der Waals surface area contributed by atoms with Crippen LogP contribution in [0, 0.1) is 0 Å². The molecule has 776 valence electrons.